The summed E-state index contributed by atoms with van der Waals surface area (Å²) in [6.45, 7) is 4.32. The first-order chi connectivity index (χ1) is 10.7. The molecule has 0 saturated carbocycles. The van der Waals surface area contributed by atoms with Crippen molar-refractivity contribution in [3.05, 3.63) is 36.5 Å². The van der Waals surface area contributed by atoms with Crippen molar-refractivity contribution in [2.75, 3.05) is 18.4 Å². The number of carbonyl (C=O) groups is 1. The Morgan fingerprint density at radius 2 is 2.32 bits per heavy atom. The van der Waals surface area contributed by atoms with Gasteiger partial charge in [-0.2, -0.15) is 0 Å². The van der Waals surface area contributed by atoms with Crippen LogP contribution in [0.1, 0.15) is 26.2 Å². The SMILES string of the molecule is CC(CC(=O)Nc1cnc2ccccc2c1)C1CCCNC1. The molecule has 1 saturated heterocycles. The number of rotatable bonds is 4. The van der Waals surface area contributed by atoms with Crippen molar-refractivity contribution >= 4 is 22.5 Å². The van der Waals surface area contributed by atoms with E-state index < -0.39 is 0 Å². The number of piperidine rings is 1. The lowest BCUT2D eigenvalue weighted by Crippen LogP contribution is -2.34. The maximum atomic E-state index is 12.2. The minimum atomic E-state index is 0.0788. The normalized spacial score (nSPS) is 19.8. The van der Waals surface area contributed by atoms with E-state index in [1.54, 1.807) is 6.20 Å². The van der Waals surface area contributed by atoms with Crippen molar-refractivity contribution in [3.63, 3.8) is 0 Å². The van der Waals surface area contributed by atoms with Crippen LogP contribution in [0.25, 0.3) is 10.9 Å². The summed E-state index contributed by atoms with van der Waals surface area (Å²) in [6, 6.07) is 9.90. The standard InChI is InChI=1S/C18H23N3O/c1-13(15-6-4-8-19-11-15)9-18(22)21-16-10-14-5-2-3-7-17(14)20-12-16/h2-3,5,7,10,12-13,15,19H,4,6,8-9,11H2,1H3,(H,21,22). The van der Waals surface area contributed by atoms with Crippen molar-refractivity contribution in [2.24, 2.45) is 11.8 Å². The minimum absolute atomic E-state index is 0.0788. The van der Waals surface area contributed by atoms with Gasteiger partial charge in [-0.15, -0.1) is 0 Å². The predicted molar refractivity (Wildman–Crippen MR) is 89.7 cm³/mol. The van der Waals surface area contributed by atoms with Crippen LogP contribution in [0, 0.1) is 11.8 Å². The van der Waals surface area contributed by atoms with Gasteiger partial charge in [0, 0.05) is 11.8 Å². The Hall–Kier alpha value is -1.94. The Balaban J connectivity index is 1.60. The number of amides is 1. The molecule has 1 amide bonds. The predicted octanol–water partition coefficient (Wildman–Crippen LogP) is 3.20. The van der Waals surface area contributed by atoms with E-state index in [0.717, 1.165) is 29.7 Å². The topological polar surface area (TPSA) is 54.0 Å². The lowest BCUT2D eigenvalue weighted by atomic mass is 9.85. The van der Waals surface area contributed by atoms with Gasteiger partial charge in [-0.3, -0.25) is 9.78 Å². The molecule has 116 valence electrons. The summed E-state index contributed by atoms with van der Waals surface area (Å²) >= 11 is 0. The van der Waals surface area contributed by atoms with Crippen molar-refractivity contribution in [1.29, 1.82) is 0 Å². The molecule has 2 atom stereocenters. The molecule has 0 aliphatic carbocycles. The van der Waals surface area contributed by atoms with E-state index in [9.17, 15) is 4.79 Å². The number of anilines is 1. The summed E-state index contributed by atoms with van der Waals surface area (Å²) in [5.74, 6) is 1.09. The summed E-state index contributed by atoms with van der Waals surface area (Å²) in [7, 11) is 0. The van der Waals surface area contributed by atoms with Crippen molar-refractivity contribution < 1.29 is 4.79 Å². The number of nitrogens with zero attached hydrogens (tertiary/aromatic N) is 1. The first-order valence-corrected chi connectivity index (χ1v) is 8.08. The van der Waals surface area contributed by atoms with Gasteiger partial charge in [0.25, 0.3) is 0 Å². The number of nitrogens with one attached hydrogen (secondary N) is 2. The molecule has 0 spiro atoms. The van der Waals surface area contributed by atoms with Crippen LogP contribution in [-0.2, 0) is 4.79 Å². The lowest BCUT2D eigenvalue weighted by Gasteiger charge is -2.28. The lowest BCUT2D eigenvalue weighted by molar-refractivity contribution is -0.117. The molecule has 1 aromatic heterocycles. The van der Waals surface area contributed by atoms with Gasteiger partial charge >= 0.3 is 0 Å². The number of benzene rings is 1. The highest BCUT2D eigenvalue weighted by atomic mass is 16.1. The highest BCUT2D eigenvalue weighted by molar-refractivity contribution is 5.93. The van der Waals surface area contributed by atoms with Gasteiger partial charge in [0.15, 0.2) is 0 Å². The van der Waals surface area contributed by atoms with Crippen LogP contribution in [0.4, 0.5) is 5.69 Å². The van der Waals surface area contributed by atoms with Crippen LogP contribution >= 0.6 is 0 Å². The van der Waals surface area contributed by atoms with E-state index in [2.05, 4.69) is 22.5 Å². The van der Waals surface area contributed by atoms with Gasteiger partial charge in [0.2, 0.25) is 5.91 Å². The molecule has 1 aliphatic heterocycles. The zero-order valence-electron chi connectivity index (χ0n) is 13.0. The van der Waals surface area contributed by atoms with Crippen LogP contribution in [0.15, 0.2) is 36.5 Å². The molecule has 1 aromatic carbocycles. The van der Waals surface area contributed by atoms with E-state index in [1.165, 1.54) is 12.8 Å². The maximum Gasteiger partial charge on any atom is 0.224 e. The average molecular weight is 297 g/mol. The fraction of sp³-hybridized carbons (Fsp3) is 0.444. The molecule has 4 heteroatoms. The molecule has 4 nitrogen and oxygen atoms in total. The van der Waals surface area contributed by atoms with Crippen molar-refractivity contribution in [1.82, 2.24) is 10.3 Å². The van der Waals surface area contributed by atoms with Crippen molar-refractivity contribution in [3.8, 4) is 0 Å². The van der Waals surface area contributed by atoms with Gasteiger partial charge in [0.1, 0.15) is 0 Å². The summed E-state index contributed by atoms with van der Waals surface area (Å²) in [5.41, 5.74) is 1.72. The second-order valence-corrected chi connectivity index (χ2v) is 6.25. The Kier molecular flexibility index (Phi) is 4.68. The minimum Gasteiger partial charge on any atom is -0.325 e. The Morgan fingerprint density at radius 3 is 3.14 bits per heavy atom. The fourth-order valence-electron chi connectivity index (χ4n) is 3.17. The third-order valence-corrected chi connectivity index (χ3v) is 4.52. The first-order valence-electron chi connectivity index (χ1n) is 8.08. The molecule has 1 aliphatic rings. The number of fused-ring (bicyclic) bond motifs is 1. The van der Waals surface area contributed by atoms with E-state index in [0.29, 0.717) is 18.3 Å². The van der Waals surface area contributed by atoms with Crippen LogP contribution < -0.4 is 10.6 Å². The molecule has 22 heavy (non-hydrogen) atoms. The number of pyridine rings is 1. The molecule has 3 rings (SSSR count). The highest BCUT2D eigenvalue weighted by Crippen LogP contribution is 2.23. The summed E-state index contributed by atoms with van der Waals surface area (Å²) < 4.78 is 0. The van der Waals surface area contributed by atoms with Crippen LogP contribution in [0.3, 0.4) is 0 Å². The Bertz CT molecular complexity index is 650. The zero-order chi connectivity index (χ0) is 15.4. The van der Waals surface area contributed by atoms with E-state index in [4.69, 9.17) is 0 Å². The van der Waals surface area contributed by atoms with E-state index >= 15 is 0 Å². The average Bonchev–Trinajstić information content (AvgIpc) is 2.55. The molecule has 0 radical (unpaired) electrons. The van der Waals surface area contributed by atoms with Crippen LogP contribution in [-0.4, -0.2) is 24.0 Å². The molecular weight excluding hydrogens is 274 g/mol. The Labute approximate surface area is 131 Å². The number of carbonyl (C=O) groups excluding carboxylic acids is 1. The molecule has 2 N–H and O–H groups in total. The second kappa shape index (κ2) is 6.88. The third kappa shape index (κ3) is 3.63. The third-order valence-electron chi connectivity index (χ3n) is 4.52. The highest BCUT2D eigenvalue weighted by Gasteiger charge is 2.22. The smallest absolute Gasteiger partial charge is 0.224 e. The largest absolute Gasteiger partial charge is 0.325 e. The number of aromatic nitrogens is 1. The van der Waals surface area contributed by atoms with Gasteiger partial charge in [-0.05, 0) is 49.9 Å². The number of hydrogen-bond donors (Lipinski definition) is 2. The molecule has 2 heterocycles. The summed E-state index contributed by atoms with van der Waals surface area (Å²) in [4.78, 5) is 16.6. The second-order valence-electron chi connectivity index (χ2n) is 6.25. The fourth-order valence-corrected chi connectivity index (χ4v) is 3.17. The van der Waals surface area contributed by atoms with Crippen LogP contribution in [0.5, 0.6) is 0 Å². The number of para-hydroxylation sites is 1. The molecule has 2 unspecified atom stereocenters. The maximum absolute atomic E-state index is 12.2. The summed E-state index contributed by atoms with van der Waals surface area (Å²) in [6.07, 6.45) is 4.73. The Morgan fingerprint density at radius 1 is 1.45 bits per heavy atom. The van der Waals surface area contributed by atoms with Gasteiger partial charge in [-0.25, -0.2) is 0 Å². The van der Waals surface area contributed by atoms with Gasteiger partial charge < -0.3 is 10.6 Å². The molecule has 0 bridgehead atoms. The monoisotopic (exact) mass is 297 g/mol. The van der Waals surface area contributed by atoms with Crippen molar-refractivity contribution in [2.45, 2.75) is 26.2 Å². The van der Waals surface area contributed by atoms with Crippen LogP contribution in [0.2, 0.25) is 0 Å². The molecular formula is C18H23N3O. The summed E-state index contributed by atoms with van der Waals surface area (Å²) in [5, 5.41) is 7.45. The molecule has 1 fully saturated rings. The quantitative estimate of drug-likeness (QED) is 0.911. The first kappa shape index (κ1) is 15.0. The number of hydrogen-bond acceptors (Lipinski definition) is 3. The van der Waals surface area contributed by atoms with Gasteiger partial charge in [-0.1, -0.05) is 25.1 Å². The zero-order valence-corrected chi connectivity index (χ0v) is 13.0. The van der Waals surface area contributed by atoms with Gasteiger partial charge in [0.05, 0.1) is 17.4 Å². The van der Waals surface area contributed by atoms with E-state index in [-0.39, 0.29) is 5.91 Å². The van der Waals surface area contributed by atoms with E-state index in [1.807, 2.05) is 30.3 Å². The molecule has 2 aromatic rings.